The Balaban J connectivity index is 1.58. The molecule has 1 aliphatic heterocycles. The predicted molar refractivity (Wildman–Crippen MR) is 88.9 cm³/mol. The van der Waals surface area contributed by atoms with Crippen molar-refractivity contribution >= 4 is 11.9 Å². The van der Waals surface area contributed by atoms with Crippen LogP contribution in [0.4, 0.5) is 0 Å². The molecule has 132 valence electrons. The summed E-state index contributed by atoms with van der Waals surface area (Å²) in [5.41, 5.74) is 1.38. The van der Waals surface area contributed by atoms with Gasteiger partial charge < -0.3 is 19.3 Å². The Morgan fingerprint density at radius 2 is 2.12 bits per heavy atom. The maximum absolute atomic E-state index is 12.4. The summed E-state index contributed by atoms with van der Waals surface area (Å²) in [6.45, 7) is 2.43. The second-order valence-electron chi connectivity index (χ2n) is 5.84. The third-order valence-corrected chi connectivity index (χ3v) is 4.00. The van der Waals surface area contributed by atoms with E-state index in [2.05, 4.69) is 10.5 Å². The molecule has 1 N–H and O–H groups in total. The van der Waals surface area contributed by atoms with Crippen molar-refractivity contribution in [2.75, 3.05) is 19.8 Å². The Morgan fingerprint density at radius 1 is 1.32 bits per heavy atom. The van der Waals surface area contributed by atoms with Crippen LogP contribution in [0.15, 0.2) is 34.9 Å². The van der Waals surface area contributed by atoms with E-state index in [1.807, 2.05) is 30.3 Å². The topological polar surface area (TPSA) is 90.7 Å². The summed E-state index contributed by atoms with van der Waals surface area (Å²) in [4.78, 5) is 24.2. The van der Waals surface area contributed by atoms with Crippen LogP contribution >= 0.6 is 0 Å². The van der Waals surface area contributed by atoms with Gasteiger partial charge in [0.15, 0.2) is 6.61 Å². The summed E-state index contributed by atoms with van der Waals surface area (Å²) < 4.78 is 15.7. The molecular formula is C18H20N2O5. The number of ether oxygens (including phenoxy) is 2. The van der Waals surface area contributed by atoms with E-state index in [9.17, 15) is 9.59 Å². The van der Waals surface area contributed by atoms with Crippen LogP contribution in [-0.2, 0) is 14.3 Å². The molecule has 0 spiro atoms. The molecule has 1 saturated heterocycles. The van der Waals surface area contributed by atoms with Crippen LogP contribution in [0.25, 0.3) is 11.3 Å². The first-order chi connectivity index (χ1) is 12.1. The summed E-state index contributed by atoms with van der Waals surface area (Å²) in [6.07, 6.45) is 1.98. The minimum absolute atomic E-state index is 0.0460. The molecule has 1 aliphatic rings. The first-order valence-electron chi connectivity index (χ1n) is 8.22. The van der Waals surface area contributed by atoms with Gasteiger partial charge in [0.1, 0.15) is 17.0 Å². The van der Waals surface area contributed by atoms with Crippen molar-refractivity contribution in [2.45, 2.75) is 25.9 Å². The molecule has 0 aliphatic carbocycles. The molecule has 1 aromatic carbocycles. The van der Waals surface area contributed by atoms with Gasteiger partial charge >= 0.3 is 5.97 Å². The number of nitrogens with zero attached hydrogens (tertiary/aromatic N) is 1. The Hall–Kier alpha value is -2.67. The minimum atomic E-state index is -0.634. The Morgan fingerprint density at radius 3 is 2.84 bits per heavy atom. The van der Waals surface area contributed by atoms with Gasteiger partial charge in [-0.3, -0.25) is 4.79 Å². The number of amides is 1. The molecule has 2 aromatic rings. The number of carbonyl (C=O) groups excluding carboxylic acids is 2. The average Bonchev–Trinajstić information content (AvgIpc) is 3.28. The zero-order valence-corrected chi connectivity index (χ0v) is 14.0. The maximum Gasteiger partial charge on any atom is 0.344 e. The molecule has 0 radical (unpaired) electrons. The van der Waals surface area contributed by atoms with Crippen molar-refractivity contribution in [2.24, 2.45) is 0 Å². The number of aryl methyl sites for hydroxylation is 1. The van der Waals surface area contributed by atoms with Crippen LogP contribution in [-0.4, -0.2) is 42.9 Å². The van der Waals surface area contributed by atoms with Crippen molar-refractivity contribution in [1.29, 1.82) is 0 Å². The number of hydrogen-bond donors (Lipinski definition) is 1. The Kier molecular flexibility index (Phi) is 5.45. The van der Waals surface area contributed by atoms with Gasteiger partial charge in [0.2, 0.25) is 0 Å². The summed E-state index contributed by atoms with van der Waals surface area (Å²) >= 11 is 0. The van der Waals surface area contributed by atoms with Crippen molar-refractivity contribution in [3.8, 4) is 11.3 Å². The highest BCUT2D eigenvalue weighted by atomic mass is 16.5. The van der Waals surface area contributed by atoms with Gasteiger partial charge in [-0.15, -0.1) is 0 Å². The van der Waals surface area contributed by atoms with Crippen LogP contribution in [0.5, 0.6) is 0 Å². The first kappa shape index (κ1) is 17.2. The molecule has 1 atom stereocenters. The maximum atomic E-state index is 12.4. The SMILES string of the molecule is Cc1onc(-c2ccccc2)c1C(=O)OCC(=O)NC[C@@H]1CCCO1. The van der Waals surface area contributed by atoms with Crippen LogP contribution in [0, 0.1) is 6.92 Å². The second-order valence-corrected chi connectivity index (χ2v) is 5.84. The van der Waals surface area contributed by atoms with Crippen LogP contribution in [0.3, 0.4) is 0 Å². The molecule has 0 saturated carbocycles. The number of carbonyl (C=O) groups is 2. The van der Waals surface area contributed by atoms with Crippen molar-refractivity contribution in [3.63, 3.8) is 0 Å². The number of benzene rings is 1. The van der Waals surface area contributed by atoms with Gasteiger partial charge in [0.05, 0.1) is 6.10 Å². The third-order valence-electron chi connectivity index (χ3n) is 4.00. The van der Waals surface area contributed by atoms with Gasteiger partial charge in [0, 0.05) is 18.7 Å². The standard InChI is InChI=1S/C18H20N2O5/c1-12-16(17(20-25-12)13-6-3-2-4-7-13)18(22)24-11-15(21)19-10-14-8-5-9-23-14/h2-4,6-7,14H,5,8-11H2,1H3,(H,19,21)/t14-/m0/s1. The smallest absolute Gasteiger partial charge is 0.344 e. The van der Waals surface area contributed by atoms with Gasteiger partial charge in [-0.2, -0.15) is 0 Å². The minimum Gasteiger partial charge on any atom is -0.452 e. The van der Waals surface area contributed by atoms with E-state index in [0.717, 1.165) is 25.0 Å². The monoisotopic (exact) mass is 344 g/mol. The second kappa shape index (κ2) is 7.94. The van der Waals surface area contributed by atoms with Crippen molar-refractivity contribution < 1.29 is 23.6 Å². The van der Waals surface area contributed by atoms with Gasteiger partial charge in [0.25, 0.3) is 5.91 Å². The highest BCUT2D eigenvalue weighted by Gasteiger charge is 2.24. The molecule has 7 heteroatoms. The summed E-state index contributed by atoms with van der Waals surface area (Å²) in [7, 11) is 0. The lowest BCUT2D eigenvalue weighted by Crippen LogP contribution is -2.34. The van der Waals surface area contributed by atoms with Gasteiger partial charge in [-0.1, -0.05) is 35.5 Å². The van der Waals surface area contributed by atoms with E-state index in [-0.39, 0.29) is 24.2 Å². The largest absolute Gasteiger partial charge is 0.452 e. The molecule has 1 aromatic heterocycles. The highest BCUT2D eigenvalue weighted by Crippen LogP contribution is 2.25. The zero-order chi connectivity index (χ0) is 17.6. The summed E-state index contributed by atoms with van der Waals surface area (Å²) in [5.74, 6) is -0.646. The predicted octanol–water partition coefficient (Wildman–Crippen LogP) is 2.10. The van der Waals surface area contributed by atoms with E-state index in [0.29, 0.717) is 18.0 Å². The number of aromatic nitrogens is 1. The van der Waals surface area contributed by atoms with Gasteiger partial charge in [-0.05, 0) is 19.8 Å². The van der Waals surface area contributed by atoms with E-state index >= 15 is 0 Å². The normalized spacial score (nSPS) is 16.6. The van der Waals surface area contributed by atoms with E-state index in [4.69, 9.17) is 14.0 Å². The molecule has 2 heterocycles. The molecule has 25 heavy (non-hydrogen) atoms. The molecule has 1 fully saturated rings. The number of esters is 1. The lowest BCUT2D eigenvalue weighted by molar-refractivity contribution is -0.124. The van der Waals surface area contributed by atoms with Crippen LogP contribution in [0.2, 0.25) is 0 Å². The van der Waals surface area contributed by atoms with Gasteiger partial charge in [-0.25, -0.2) is 4.79 Å². The third kappa shape index (κ3) is 4.24. The number of nitrogens with one attached hydrogen (secondary N) is 1. The molecule has 7 nitrogen and oxygen atoms in total. The van der Waals surface area contributed by atoms with E-state index < -0.39 is 5.97 Å². The molecule has 1 amide bonds. The number of hydrogen-bond acceptors (Lipinski definition) is 6. The zero-order valence-electron chi connectivity index (χ0n) is 14.0. The fourth-order valence-corrected chi connectivity index (χ4v) is 2.69. The molecule has 3 rings (SSSR count). The van der Waals surface area contributed by atoms with Crippen molar-refractivity contribution in [1.82, 2.24) is 10.5 Å². The summed E-state index contributed by atoms with van der Waals surface area (Å²) in [5, 5.41) is 6.64. The van der Waals surface area contributed by atoms with Crippen LogP contribution in [0.1, 0.15) is 29.0 Å². The quantitative estimate of drug-likeness (QED) is 0.807. The molecule has 0 unspecified atom stereocenters. The van der Waals surface area contributed by atoms with E-state index in [1.165, 1.54) is 0 Å². The lowest BCUT2D eigenvalue weighted by atomic mass is 10.1. The molecular weight excluding hydrogens is 324 g/mol. The van der Waals surface area contributed by atoms with Crippen molar-refractivity contribution in [3.05, 3.63) is 41.7 Å². The number of rotatable bonds is 6. The first-order valence-corrected chi connectivity index (χ1v) is 8.22. The van der Waals surface area contributed by atoms with E-state index in [1.54, 1.807) is 6.92 Å². The fraction of sp³-hybridized carbons (Fsp3) is 0.389. The highest BCUT2D eigenvalue weighted by molar-refractivity contribution is 5.98. The Bertz CT molecular complexity index is 735. The Labute approximate surface area is 145 Å². The molecule has 0 bridgehead atoms. The average molecular weight is 344 g/mol. The van der Waals surface area contributed by atoms with Crippen LogP contribution < -0.4 is 5.32 Å². The fourth-order valence-electron chi connectivity index (χ4n) is 2.69. The summed E-state index contributed by atoms with van der Waals surface area (Å²) in [6, 6.07) is 9.19. The lowest BCUT2D eigenvalue weighted by Gasteiger charge is -2.11.